The van der Waals surface area contributed by atoms with Crippen molar-refractivity contribution < 1.29 is 9.47 Å². The minimum Gasteiger partial charge on any atom is -0.382 e. The third kappa shape index (κ3) is 5.72. The van der Waals surface area contributed by atoms with Crippen molar-refractivity contribution in [3.63, 3.8) is 0 Å². The Morgan fingerprint density at radius 3 is 2.54 bits per heavy atom. The molecule has 0 saturated heterocycles. The third-order valence-electron chi connectivity index (χ3n) is 5.42. The maximum absolute atomic E-state index is 9.41. The molecule has 0 spiro atoms. The van der Waals surface area contributed by atoms with Crippen LogP contribution in [0.2, 0.25) is 5.02 Å². The molecule has 0 amide bonds. The summed E-state index contributed by atoms with van der Waals surface area (Å²) in [6, 6.07) is 17.3. The van der Waals surface area contributed by atoms with Crippen LogP contribution < -0.4 is 5.32 Å². The van der Waals surface area contributed by atoms with E-state index in [4.69, 9.17) is 26.1 Å². The number of hydrogen-bond donors (Lipinski definition) is 1. The Bertz CT molecular complexity index is 1370. The molecule has 1 N–H and O–H groups in total. The number of hydrogen-bond acceptors (Lipinski definition) is 8. The monoisotopic (exact) mass is 488 g/mol. The zero-order chi connectivity index (χ0) is 24.8. The number of ether oxygens (including phenoxy) is 2. The Morgan fingerprint density at radius 1 is 1.03 bits per heavy atom. The maximum Gasteiger partial charge on any atom is 0.165 e. The first kappa shape index (κ1) is 24.5. The number of fused-ring (bicyclic) bond motifs is 1. The first-order chi connectivity index (χ1) is 16.9. The van der Waals surface area contributed by atoms with Crippen LogP contribution in [0.3, 0.4) is 0 Å². The summed E-state index contributed by atoms with van der Waals surface area (Å²) >= 11 is 6.33. The molecule has 35 heavy (non-hydrogen) atoms. The van der Waals surface area contributed by atoms with E-state index in [1.807, 2.05) is 50.2 Å². The SMILES string of the molecule is COCCOCc1nc(Nc2ccc(C(C)(C)C#N)cc2)c2ccc(-c3ncccc3Cl)nc2n1. The summed E-state index contributed by atoms with van der Waals surface area (Å²) < 4.78 is 10.7. The minimum absolute atomic E-state index is 0.208. The van der Waals surface area contributed by atoms with Crippen molar-refractivity contribution in [2.75, 3.05) is 25.6 Å². The highest BCUT2D eigenvalue weighted by molar-refractivity contribution is 6.32. The molecular formula is C26H25ClN6O2. The first-order valence-electron chi connectivity index (χ1n) is 11.1. The summed E-state index contributed by atoms with van der Waals surface area (Å²) in [5.41, 5.74) is 2.88. The molecule has 3 heterocycles. The number of aromatic nitrogens is 4. The normalized spacial score (nSPS) is 11.4. The smallest absolute Gasteiger partial charge is 0.165 e. The number of benzene rings is 1. The summed E-state index contributed by atoms with van der Waals surface area (Å²) in [4.78, 5) is 18.4. The van der Waals surface area contributed by atoms with Gasteiger partial charge in [-0.05, 0) is 55.8 Å². The van der Waals surface area contributed by atoms with Gasteiger partial charge in [0.1, 0.15) is 18.1 Å². The topological polar surface area (TPSA) is 106 Å². The summed E-state index contributed by atoms with van der Waals surface area (Å²) in [6.07, 6.45) is 1.67. The lowest BCUT2D eigenvalue weighted by molar-refractivity contribution is 0.0588. The molecule has 0 aliphatic heterocycles. The number of nitriles is 1. The Balaban J connectivity index is 1.71. The van der Waals surface area contributed by atoms with Gasteiger partial charge in [-0.2, -0.15) is 5.26 Å². The average molecular weight is 489 g/mol. The lowest BCUT2D eigenvalue weighted by Gasteiger charge is -2.16. The molecule has 9 heteroatoms. The standard InChI is InChI=1S/C26H25ClN6O2/c1-26(2,16-28)17-6-8-18(9-7-17)30-24-19-10-11-21(23-20(27)5-4-12-29-23)31-25(19)33-22(32-24)15-35-14-13-34-3/h4-12H,13-15H2,1-3H3,(H,30,31,32,33). The number of nitrogens with one attached hydrogen (secondary N) is 1. The zero-order valence-corrected chi connectivity index (χ0v) is 20.5. The fourth-order valence-electron chi connectivity index (χ4n) is 3.40. The predicted octanol–water partition coefficient (Wildman–Crippen LogP) is 5.45. The summed E-state index contributed by atoms with van der Waals surface area (Å²) in [5, 5.41) is 14.0. The average Bonchev–Trinajstić information content (AvgIpc) is 2.87. The number of methoxy groups -OCH3 is 1. The molecular weight excluding hydrogens is 464 g/mol. The molecule has 0 radical (unpaired) electrons. The van der Waals surface area contributed by atoms with Crippen LogP contribution in [0, 0.1) is 11.3 Å². The maximum atomic E-state index is 9.41. The molecule has 8 nitrogen and oxygen atoms in total. The van der Waals surface area contributed by atoms with Crippen molar-refractivity contribution in [1.82, 2.24) is 19.9 Å². The summed E-state index contributed by atoms with van der Waals surface area (Å²) in [6.45, 7) is 4.89. The van der Waals surface area contributed by atoms with Gasteiger partial charge in [-0.25, -0.2) is 15.0 Å². The van der Waals surface area contributed by atoms with Crippen LogP contribution in [0.25, 0.3) is 22.4 Å². The molecule has 4 rings (SSSR count). The van der Waals surface area contributed by atoms with Gasteiger partial charge in [0.15, 0.2) is 11.5 Å². The molecule has 0 bridgehead atoms. The number of halogens is 1. The van der Waals surface area contributed by atoms with Gasteiger partial charge in [-0.3, -0.25) is 4.98 Å². The molecule has 0 aliphatic rings. The molecule has 0 fully saturated rings. The van der Waals surface area contributed by atoms with Crippen LogP contribution in [0.15, 0.2) is 54.7 Å². The van der Waals surface area contributed by atoms with Gasteiger partial charge >= 0.3 is 0 Å². The van der Waals surface area contributed by atoms with E-state index in [9.17, 15) is 5.26 Å². The lowest BCUT2D eigenvalue weighted by Crippen LogP contribution is -2.13. The molecule has 0 unspecified atom stereocenters. The van der Waals surface area contributed by atoms with Crippen molar-refractivity contribution in [3.05, 3.63) is 71.1 Å². The highest BCUT2D eigenvalue weighted by Crippen LogP contribution is 2.29. The van der Waals surface area contributed by atoms with E-state index in [0.29, 0.717) is 46.9 Å². The van der Waals surface area contributed by atoms with Crippen molar-refractivity contribution in [3.8, 4) is 17.5 Å². The van der Waals surface area contributed by atoms with E-state index in [1.165, 1.54) is 0 Å². The number of nitrogens with zero attached hydrogens (tertiary/aromatic N) is 5. The summed E-state index contributed by atoms with van der Waals surface area (Å²) in [7, 11) is 1.62. The third-order valence-corrected chi connectivity index (χ3v) is 5.72. The fraction of sp³-hybridized carbons (Fsp3) is 0.269. The largest absolute Gasteiger partial charge is 0.382 e. The first-order valence-corrected chi connectivity index (χ1v) is 11.4. The Hall–Kier alpha value is -3.64. The van der Waals surface area contributed by atoms with E-state index in [-0.39, 0.29) is 6.61 Å². The second-order valence-electron chi connectivity index (χ2n) is 8.37. The molecule has 3 aromatic heterocycles. The van der Waals surface area contributed by atoms with Crippen molar-refractivity contribution in [1.29, 1.82) is 5.26 Å². The van der Waals surface area contributed by atoms with E-state index < -0.39 is 5.41 Å². The summed E-state index contributed by atoms with van der Waals surface area (Å²) in [5.74, 6) is 1.08. The highest BCUT2D eigenvalue weighted by Gasteiger charge is 2.19. The van der Waals surface area contributed by atoms with Crippen molar-refractivity contribution in [2.24, 2.45) is 0 Å². The van der Waals surface area contributed by atoms with Crippen LogP contribution in [-0.4, -0.2) is 40.3 Å². The molecule has 4 aromatic rings. The second-order valence-corrected chi connectivity index (χ2v) is 8.78. The predicted molar refractivity (Wildman–Crippen MR) is 135 cm³/mol. The highest BCUT2D eigenvalue weighted by atomic mass is 35.5. The van der Waals surface area contributed by atoms with Gasteiger partial charge in [-0.15, -0.1) is 0 Å². The molecule has 0 aliphatic carbocycles. The quantitative estimate of drug-likeness (QED) is 0.310. The molecule has 1 aromatic carbocycles. The number of pyridine rings is 2. The van der Waals surface area contributed by atoms with Crippen LogP contribution in [0.5, 0.6) is 0 Å². The number of rotatable bonds is 9. The molecule has 0 atom stereocenters. The van der Waals surface area contributed by atoms with Gasteiger partial charge in [-0.1, -0.05) is 23.7 Å². The Morgan fingerprint density at radius 2 is 1.83 bits per heavy atom. The van der Waals surface area contributed by atoms with E-state index in [1.54, 1.807) is 25.4 Å². The van der Waals surface area contributed by atoms with E-state index in [2.05, 4.69) is 26.3 Å². The van der Waals surface area contributed by atoms with Crippen LogP contribution in [0.1, 0.15) is 25.2 Å². The van der Waals surface area contributed by atoms with Gasteiger partial charge in [0, 0.05) is 19.0 Å². The van der Waals surface area contributed by atoms with E-state index >= 15 is 0 Å². The van der Waals surface area contributed by atoms with E-state index in [0.717, 1.165) is 16.6 Å². The Labute approximate surface area is 208 Å². The second kappa shape index (κ2) is 10.7. The van der Waals surface area contributed by atoms with Crippen LogP contribution >= 0.6 is 11.6 Å². The van der Waals surface area contributed by atoms with Crippen LogP contribution in [-0.2, 0) is 21.5 Å². The molecule has 0 saturated carbocycles. The lowest BCUT2D eigenvalue weighted by atomic mass is 9.86. The van der Waals surface area contributed by atoms with Crippen LogP contribution in [0.4, 0.5) is 11.5 Å². The van der Waals surface area contributed by atoms with Crippen molar-refractivity contribution >= 4 is 34.1 Å². The van der Waals surface area contributed by atoms with Gasteiger partial charge in [0.2, 0.25) is 0 Å². The van der Waals surface area contributed by atoms with Gasteiger partial charge in [0.25, 0.3) is 0 Å². The zero-order valence-electron chi connectivity index (χ0n) is 19.7. The van der Waals surface area contributed by atoms with Crippen molar-refractivity contribution in [2.45, 2.75) is 25.9 Å². The minimum atomic E-state index is -0.570. The Kier molecular flexibility index (Phi) is 7.51. The fourth-order valence-corrected chi connectivity index (χ4v) is 3.62. The van der Waals surface area contributed by atoms with Gasteiger partial charge in [0.05, 0.1) is 40.8 Å². The van der Waals surface area contributed by atoms with Gasteiger partial charge < -0.3 is 14.8 Å². The number of anilines is 2. The molecule has 178 valence electrons.